The van der Waals surface area contributed by atoms with Crippen LogP contribution in [0.25, 0.3) is 10.9 Å². The number of aromatic nitrogens is 4. The molecule has 0 aliphatic carbocycles. The molecule has 2 aromatic heterocycles. The number of H-pyrrole nitrogens is 1. The van der Waals surface area contributed by atoms with Crippen LogP contribution in [0.4, 0.5) is 26.1 Å². The van der Waals surface area contributed by atoms with Crippen molar-refractivity contribution in [3.8, 4) is 5.75 Å². The number of fused-ring (bicyclic) bond motifs is 1. The number of anilines is 3. The van der Waals surface area contributed by atoms with Gasteiger partial charge >= 0.3 is 7.82 Å². The zero-order valence-corrected chi connectivity index (χ0v) is 24.2. The van der Waals surface area contributed by atoms with Crippen LogP contribution in [-0.2, 0) is 20.3 Å². The number of carbonyl (C=O) groups is 1. The van der Waals surface area contributed by atoms with Gasteiger partial charge in [0.05, 0.1) is 30.8 Å². The SMILES string of the molecule is CCCN(CCCOc1ccc2c(Nc3cc(CC(=O)Nc4cccc(F)c4F)[nH]n3)ncnc2c1)CCOP(=O)(O)O. The van der Waals surface area contributed by atoms with Crippen LogP contribution in [0, 0.1) is 11.6 Å². The first-order chi connectivity index (χ1) is 20.6. The van der Waals surface area contributed by atoms with E-state index in [1.165, 1.54) is 18.5 Å². The first kappa shape index (κ1) is 31.9. The number of nitrogens with zero attached hydrogens (tertiary/aromatic N) is 4. The van der Waals surface area contributed by atoms with Crippen molar-refractivity contribution in [2.75, 3.05) is 43.5 Å². The summed E-state index contributed by atoms with van der Waals surface area (Å²) in [7, 11) is -4.48. The molecule has 16 heteroatoms. The van der Waals surface area contributed by atoms with Gasteiger partial charge in [-0.25, -0.2) is 23.3 Å². The van der Waals surface area contributed by atoms with Gasteiger partial charge in [0, 0.05) is 36.3 Å². The molecule has 4 aromatic rings. The highest BCUT2D eigenvalue weighted by molar-refractivity contribution is 7.46. The maximum absolute atomic E-state index is 13.8. The summed E-state index contributed by atoms with van der Waals surface area (Å²) in [6.07, 6.45) is 2.84. The van der Waals surface area contributed by atoms with E-state index in [0.717, 1.165) is 19.0 Å². The standard InChI is InChI=1S/C27H32F2N7O6P/c1-2-9-36(11-13-42-43(38,39)40)10-4-12-41-19-7-8-20-23(16-19)30-17-31-27(20)33-24-14-18(34-35-24)15-25(37)32-22-6-3-5-21(28)26(22)29/h3,5-8,14,16-17H,2,4,9-13,15H2,1H3,(H,32,37)(H2,38,39,40)(H2,30,31,33,34,35). The molecule has 0 spiro atoms. The monoisotopic (exact) mass is 619 g/mol. The molecule has 0 aliphatic heterocycles. The van der Waals surface area contributed by atoms with Crippen LogP contribution < -0.4 is 15.4 Å². The highest BCUT2D eigenvalue weighted by Crippen LogP contribution is 2.35. The summed E-state index contributed by atoms with van der Waals surface area (Å²) in [5.74, 6) is -1.24. The summed E-state index contributed by atoms with van der Waals surface area (Å²) in [5, 5.41) is 13.0. The zero-order valence-electron chi connectivity index (χ0n) is 23.3. The van der Waals surface area contributed by atoms with E-state index in [0.29, 0.717) is 60.1 Å². The lowest BCUT2D eigenvalue weighted by Gasteiger charge is -2.21. The van der Waals surface area contributed by atoms with Crippen LogP contribution in [0.1, 0.15) is 25.5 Å². The van der Waals surface area contributed by atoms with Crippen molar-refractivity contribution in [3.05, 3.63) is 66.1 Å². The van der Waals surface area contributed by atoms with Gasteiger partial charge in [-0.15, -0.1) is 0 Å². The van der Waals surface area contributed by atoms with Gasteiger partial charge in [0.2, 0.25) is 5.91 Å². The van der Waals surface area contributed by atoms with Crippen LogP contribution >= 0.6 is 7.82 Å². The van der Waals surface area contributed by atoms with E-state index in [-0.39, 0.29) is 18.7 Å². The fourth-order valence-corrected chi connectivity index (χ4v) is 4.57. The van der Waals surface area contributed by atoms with Crippen LogP contribution in [0.15, 0.2) is 48.8 Å². The second-order valence-electron chi connectivity index (χ2n) is 9.50. The molecule has 1 amide bonds. The summed E-state index contributed by atoms with van der Waals surface area (Å²) in [6.45, 7) is 4.25. The molecule has 0 radical (unpaired) electrons. The smallest absolute Gasteiger partial charge is 0.469 e. The molecule has 0 bridgehead atoms. The van der Waals surface area contributed by atoms with E-state index in [9.17, 15) is 18.1 Å². The van der Waals surface area contributed by atoms with Crippen LogP contribution in [-0.4, -0.2) is 73.6 Å². The van der Waals surface area contributed by atoms with Crippen molar-refractivity contribution in [2.45, 2.75) is 26.2 Å². The lowest BCUT2D eigenvalue weighted by atomic mass is 10.2. The van der Waals surface area contributed by atoms with Gasteiger partial charge in [-0.05, 0) is 43.7 Å². The number of carbonyl (C=O) groups excluding carboxylic acids is 1. The number of hydrogen-bond donors (Lipinski definition) is 5. The highest BCUT2D eigenvalue weighted by atomic mass is 31.2. The molecule has 0 aliphatic rings. The Kier molecular flexibility index (Phi) is 11.1. The third kappa shape index (κ3) is 9.76. The van der Waals surface area contributed by atoms with E-state index in [4.69, 9.17) is 14.5 Å². The molecule has 230 valence electrons. The average molecular weight is 620 g/mol. The van der Waals surface area contributed by atoms with Gasteiger partial charge in [0.25, 0.3) is 0 Å². The van der Waals surface area contributed by atoms with E-state index < -0.39 is 25.4 Å². The topological polar surface area (TPSA) is 175 Å². The predicted octanol–water partition coefficient (Wildman–Crippen LogP) is 4.15. The van der Waals surface area contributed by atoms with E-state index in [1.807, 2.05) is 13.0 Å². The molecular formula is C27H32F2N7O6P. The Bertz CT molecular complexity index is 1580. The molecule has 13 nitrogen and oxygen atoms in total. The predicted molar refractivity (Wildman–Crippen MR) is 155 cm³/mol. The fraction of sp³-hybridized carbons (Fsp3) is 0.333. The largest absolute Gasteiger partial charge is 0.493 e. The molecule has 43 heavy (non-hydrogen) atoms. The summed E-state index contributed by atoms with van der Waals surface area (Å²) in [5.41, 5.74) is 0.824. The summed E-state index contributed by atoms with van der Waals surface area (Å²) in [4.78, 5) is 40.7. The number of aromatic amines is 1. The first-order valence-corrected chi connectivity index (χ1v) is 15.0. The third-order valence-corrected chi connectivity index (χ3v) is 6.68. The second kappa shape index (κ2) is 14.9. The van der Waals surface area contributed by atoms with Crippen LogP contribution in [0.5, 0.6) is 5.75 Å². The lowest BCUT2D eigenvalue weighted by Crippen LogP contribution is -2.30. The van der Waals surface area contributed by atoms with Gasteiger partial charge in [0.15, 0.2) is 17.5 Å². The van der Waals surface area contributed by atoms with Crippen molar-refractivity contribution in [1.82, 2.24) is 25.1 Å². The normalized spacial score (nSPS) is 11.7. The highest BCUT2D eigenvalue weighted by Gasteiger charge is 2.15. The maximum atomic E-state index is 13.8. The van der Waals surface area contributed by atoms with Crippen molar-refractivity contribution >= 4 is 42.0 Å². The van der Waals surface area contributed by atoms with Gasteiger partial charge in [0.1, 0.15) is 17.9 Å². The Morgan fingerprint density at radius 3 is 2.72 bits per heavy atom. The molecule has 0 unspecified atom stereocenters. The Labute approximate surface area is 245 Å². The zero-order chi connectivity index (χ0) is 30.8. The minimum Gasteiger partial charge on any atom is -0.493 e. The molecule has 2 heterocycles. The minimum absolute atomic E-state index is 0.0569. The summed E-state index contributed by atoms with van der Waals surface area (Å²) >= 11 is 0. The first-order valence-electron chi connectivity index (χ1n) is 13.5. The summed E-state index contributed by atoms with van der Waals surface area (Å²) in [6, 6.07) is 10.5. The number of phosphoric ester groups is 1. The van der Waals surface area contributed by atoms with E-state index in [2.05, 4.69) is 40.2 Å². The number of rotatable bonds is 16. The fourth-order valence-electron chi connectivity index (χ4n) is 4.25. The molecule has 0 atom stereocenters. The number of benzene rings is 2. The molecule has 0 saturated heterocycles. The Morgan fingerprint density at radius 1 is 1.09 bits per heavy atom. The lowest BCUT2D eigenvalue weighted by molar-refractivity contribution is -0.115. The Balaban J connectivity index is 1.29. The second-order valence-corrected chi connectivity index (χ2v) is 10.7. The number of amides is 1. The van der Waals surface area contributed by atoms with Gasteiger partial charge < -0.3 is 30.1 Å². The Hall–Kier alpha value is -4.01. The van der Waals surface area contributed by atoms with Crippen molar-refractivity contribution in [1.29, 1.82) is 0 Å². The number of halogens is 2. The van der Waals surface area contributed by atoms with Crippen LogP contribution in [0.2, 0.25) is 0 Å². The summed E-state index contributed by atoms with van der Waals surface area (Å²) < 4.78 is 48.5. The third-order valence-electron chi connectivity index (χ3n) is 6.16. The molecule has 0 saturated carbocycles. The number of hydrogen-bond acceptors (Lipinski definition) is 9. The van der Waals surface area contributed by atoms with Crippen molar-refractivity contribution < 1.29 is 37.2 Å². The van der Waals surface area contributed by atoms with E-state index in [1.54, 1.807) is 18.2 Å². The Morgan fingerprint density at radius 2 is 1.93 bits per heavy atom. The number of ether oxygens (including phenoxy) is 1. The quantitative estimate of drug-likeness (QED) is 0.0900. The van der Waals surface area contributed by atoms with Gasteiger partial charge in [-0.3, -0.25) is 14.4 Å². The maximum Gasteiger partial charge on any atom is 0.469 e. The molecule has 0 fully saturated rings. The van der Waals surface area contributed by atoms with Crippen molar-refractivity contribution in [3.63, 3.8) is 0 Å². The molecular weight excluding hydrogens is 587 g/mol. The number of nitrogens with one attached hydrogen (secondary N) is 3. The number of phosphoric acid groups is 1. The molecule has 2 aromatic carbocycles. The molecule has 4 rings (SSSR count). The van der Waals surface area contributed by atoms with Crippen LogP contribution in [0.3, 0.4) is 0 Å². The molecule has 5 N–H and O–H groups in total. The van der Waals surface area contributed by atoms with Crippen molar-refractivity contribution in [2.24, 2.45) is 0 Å². The van der Waals surface area contributed by atoms with Gasteiger partial charge in [-0.1, -0.05) is 13.0 Å². The average Bonchev–Trinajstić information content (AvgIpc) is 3.39. The van der Waals surface area contributed by atoms with E-state index >= 15 is 0 Å². The van der Waals surface area contributed by atoms with Gasteiger partial charge in [-0.2, -0.15) is 5.10 Å². The minimum atomic E-state index is -4.48.